The van der Waals surface area contributed by atoms with Crippen molar-refractivity contribution in [3.8, 4) is 78.8 Å². The molecule has 2 aliphatic rings. The number of rotatable bonds is 5. The number of hydrogen-bond donors (Lipinski definition) is 0. The first-order valence-electron chi connectivity index (χ1n) is 20.5. The van der Waals surface area contributed by atoms with E-state index in [0.717, 1.165) is 67.2 Å². The summed E-state index contributed by atoms with van der Waals surface area (Å²) >= 11 is 0. The molecule has 1 aromatic heterocycles. The Kier molecular flexibility index (Phi) is 7.76. The minimum Gasteiger partial charge on any atom is -0.457 e. The summed E-state index contributed by atoms with van der Waals surface area (Å²) in [5.41, 5.74) is 16.3. The van der Waals surface area contributed by atoms with Gasteiger partial charge in [-0.3, -0.25) is 0 Å². The SMILES string of the molecule is c1ccc(-c2nc(-c3cccc(-c4ccc5c(c4)C4(c6ccccc6O5)c5ccccc5-c5ccccc54)c3)cc(-c3ccc(-c4ccccc4)c4ccccc34)n2)cc1. The normalized spacial score (nSPS) is 12.9. The molecule has 9 aromatic carbocycles. The third-order valence-corrected chi connectivity index (χ3v) is 12.4. The number of nitrogens with zero attached hydrogens (tertiary/aromatic N) is 2. The summed E-state index contributed by atoms with van der Waals surface area (Å²) in [4.78, 5) is 10.5. The fraction of sp³-hybridized carbons (Fsp3) is 0.0175. The molecule has 0 radical (unpaired) electrons. The molecular weight excluding hydrogens is 729 g/mol. The first-order valence-corrected chi connectivity index (χ1v) is 20.5. The van der Waals surface area contributed by atoms with Gasteiger partial charge in [0.25, 0.3) is 0 Å². The molecule has 1 aliphatic carbocycles. The number of aromatic nitrogens is 2. The van der Waals surface area contributed by atoms with Gasteiger partial charge in [0.15, 0.2) is 5.82 Å². The second kappa shape index (κ2) is 13.6. The van der Waals surface area contributed by atoms with Crippen molar-refractivity contribution in [3.63, 3.8) is 0 Å². The summed E-state index contributed by atoms with van der Waals surface area (Å²) in [5.74, 6) is 2.45. The summed E-state index contributed by atoms with van der Waals surface area (Å²) in [7, 11) is 0. The molecule has 3 nitrogen and oxygen atoms in total. The lowest BCUT2D eigenvalue weighted by Gasteiger charge is -2.39. The molecule has 0 saturated heterocycles. The zero-order valence-corrected chi connectivity index (χ0v) is 32.6. The van der Waals surface area contributed by atoms with E-state index in [1.807, 2.05) is 18.2 Å². The molecule has 3 heteroatoms. The predicted molar refractivity (Wildman–Crippen MR) is 244 cm³/mol. The highest BCUT2D eigenvalue weighted by Gasteiger charge is 2.51. The summed E-state index contributed by atoms with van der Waals surface area (Å²) < 4.78 is 6.73. The molecule has 0 unspecified atom stereocenters. The van der Waals surface area contributed by atoms with Crippen molar-refractivity contribution < 1.29 is 4.74 Å². The Morgan fingerprint density at radius 2 is 0.833 bits per heavy atom. The van der Waals surface area contributed by atoms with Crippen LogP contribution in [0.3, 0.4) is 0 Å². The van der Waals surface area contributed by atoms with Crippen molar-refractivity contribution in [2.24, 2.45) is 0 Å². The van der Waals surface area contributed by atoms with E-state index in [4.69, 9.17) is 14.7 Å². The van der Waals surface area contributed by atoms with Crippen LogP contribution in [0, 0.1) is 0 Å². The van der Waals surface area contributed by atoms with Crippen LogP contribution >= 0.6 is 0 Å². The van der Waals surface area contributed by atoms with Gasteiger partial charge in [-0.15, -0.1) is 0 Å². The summed E-state index contributed by atoms with van der Waals surface area (Å²) in [6.07, 6.45) is 0. The van der Waals surface area contributed by atoms with Crippen LogP contribution in [0.5, 0.6) is 11.5 Å². The Balaban J connectivity index is 1.02. The van der Waals surface area contributed by atoms with E-state index < -0.39 is 5.41 Å². The summed E-state index contributed by atoms with van der Waals surface area (Å²) in [6.45, 7) is 0. The second-order valence-corrected chi connectivity index (χ2v) is 15.6. The smallest absolute Gasteiger partial charge is 0.160 e. The highest BCUT2D eigenvalue weighted by Crippen LogP contribution is 2.62. The number of para-hydroxylation sites is 1. The maximum atomic E-state index is 6.73. The van der Waals surface area contributed by atoms with E-state index in [1.165, 1.54) is 38.8 Å². The Bertz CT molecular complexity index is 3250. The topological polar surface area (TPSA) is 35.0 Å². The third-order valence-electron chi connectivity index (χ3n) is 12.4. The zero-order chi connectivity index (χ0) is 39.6. The van der Waals surface area contributed by atoms with Crippen molar-refractivity contribution in [2.45, 2.75) is 5.41 Å². The first kappa shape index (κ1) is 34.2. The Labute approximate surface area is 348 Å². The van der Waals surface area contributed by atoms with Crippen LogP contribution < -0.4 is 4.74 Å². The maximum absolute atomic E-state index is 6.73. The van der Waals surface area contributed by atoms with Gasteiger partial charge in [0.05, 0.1) is 16.8 Å². The van der Waals surface area contributed by atoms with Crippen molar-refractivity contribution in [2.75, 3.05) is 0 Å². The predicted octanol–water partition coefficient (Wildman–Crippen LogP) is 14.4. The molecule has 0 atom stereocenters. The van der Waals surface area contributed by atoms with Gasteiger partial charge in [0, 0.05) is 27.8 Å². The van der Waals surface area contributed by atoms with Gasteiger partial charge in [-0.2, -0.15) is 0 Å². The van der Waals surface area contributed by atoms with Gasteiger partial charge in [0.2, 0.25) is 0 Å². The van der Waals surface area contributed by atoms with E-state index in [9.17, 15) is 0 Å². The minimum atomic E-state index is -0.532. The van der Waals surface area contributed by atoms with Gasteiger partial charge in [-0.05, 0) is 85.6 Å². The van der Waals surface area contributed by atoms with E-state index in [-0.39, 0.29) is 0 Å². The first-order chi connectivity index (χ1) is 29.7. The Hall–Kier alpha value is -7.88. The molecule has 10 aromatic rings. The number of benzene rings is 9. The summed E-state index contributed by atoms with van der Waals surface area (Å²) in [5, 5.41) is 2.34. The maximum Gasteiger partial charge on any atom is 0.160 e. The third kappa shape index (κ3) is 5.23. The van der Waals surface area contributed by atoms with Crippen LogP contribution in [0.15, 0.2) is 218 Å². The van der Waals surface area contributed by atoms with Crippen molar-refractivity contribution in [1.82, 2.24) is 9.97 Å². The fourth-order valence-electron chi connectivity index (χ4n) is 9.74. The average molecular weight is 765 g/mol. The highest BCUT2D eigenvalue weighted by atomic mass is 16.5. The van der Waals surface area contributed by atoms with Crippen LogP contribution in [0.25, 0.3) is 78.1 Å². The molecule has 280 valence electrons. The summed E-state index contributed by atoms with van der Waals surface area (Å²) in [6, 6.07) is 77.8. The van der Waals surface area contributed by atoms with Gasteiger partial charge >= 0.3 is 0 Å². The molecular formula is C57H36N2O. The Morgan fingerprint density at radius 3 is 1.58 bits per heavy atom. The fourth-order valence-corrected chi connectivity index (χ4v) is 9.74. The standard InChI is InChI=1S/C57H36N2O/c1-3-16-37(17-4-1)42-31-32-47(44-23-8-7-22-43(42)44)53-36-52(58-56(59-53)38-18-5-2-6-19-38)41-21-15-20-39(34-41)40-30-33-55-51(35-40)57(50-28-13-14-29-54(50)60-55)48-26-11-9-24-45(48)46-25-10-12-27-49(46)57/h1-36H. The van der Waals surface area contributed by atoms with Crippen molar-refractivity contribution in [3.05, 3.63) is 241 Å². The van der Waals surface area contributed by atoms with Crippen molar-refractivity contribution >= 4 is 10.8 Å². The quantitative estimate of drug-likeness (QED) is 0.175. The van der Waals surface area contributed by atoms with E-state index in [1.54, 1.807) is 0 Å². The molecule has 2 heterocycles. The minimum absolute atomic E-state index is 0.532. The van der Waals surface area contributed by atoms with Crippen LogP contribution in [0.4, 0.5) is 0 Å². The van der Waals surface area contributed by atoms with E-state index >= 15 is 0 Å². The molecule has 0 N–H and O–H groups in total. The van der Waals surface area contributed by atoms with Gasteiger partial charge in [-0.25, -0.2) is 9.97 Å². The highest BCUT2D eigenvalue weighted by molar-refractivity contribution is 6.05. The molecule has 0 bridgehead atoms. The van der Waals surface area contributed by atoms with Crippen LogP contribution in [0.1, 0.15) is 22.3 Å². The lowest BCUT2D eigenvalue weighted by Crippen LogP contribution is -2.32. The number of ether oxygens (including phenoxy) is 1. The lowest BCUT2D eigenvalue weighted by molar-refractivity contribution is 0.436. The van der Waals surface area contributed by atoms with Gasteiger partial charge < -0.3 is 4.74 Å². The monoisotopic (exact) mass is 764 g/mol. The lowest BCUT2D eigenvalue weighted by atomic mass is 9.66. The molecule has 1 aliphatic heterocycles. The van der Waals surface area contributed by atoms with Gasteiger partial charge in [0.1, 0.15) is 11.5 Å². The van der Waals surface area contributed by atoms with E-state index in [2.05, 4.69) is 200 Å². The molecule has 0 saturated carbocycles. The van der Waals surface area contributed by atoms with Crippen molar-refractivity contribution in [1.29, 1.82) is 0 Å². The molecule has 1 spiro atoms. The number of hydrogen-bond acceptors (Lipinski definition) is 3. The largest absolute Gasteiger partial charge is 0.457 e. The molecule has 60 heavy (non-hydrogen) atoms. The second-order valence-electron chi connectivity index (χ2n) is 15.6. The number of fused-ring (bicyclic) bond motifs is 10. The molecule has 12 rings (SSSR count). The molecule has 0 amide bonds. The molecule has 0 fully saturated rings. The van der Waals surface area contributed by atoms with Crippen LogP contribution in [-0.2, 0) is 5.41 Å². The van der Waals surface area contributed by atoms with Gasteiger partial charge in [-0.1, -0.05) is 188 Å². The van der Waals surface area contributed by atoms with Crippen LogP contribution in [0.2, 0.25) is 0 Å². The zero-order valence-electron chi connectivity index (χ0n) is 32.6. The Morgan fingerprint density at radius 1 is 0.300 bits per heavy atom. The van der Waals surface area contributed by atoms with E-state index in [0.29, 0.717) is 5.82 Å². The van der Waals surface area contributed by atoms with Crippen LogP contribution in [-0.4, -0.2) is 9.97 Å². The average Bonchev–Trinajstić information content (AvgIpc) is 3.62.